The molecule has 0 radical (unpaired) electrons. The molecule has 0 saturated heterocycles. The Labute approximate surface area is 154 Å². The summed E-state index contributed by atoms with van der Waals surface area (Å²) in [6.45, 7) is 0.493. The Bertz CT molecular complexity index is 725. The van der Waals surface area contributed by atoms with Crippen molar-refractivity contribution < 1.29 is 14.4 Å². The number of hydrogen-bond donors (Lipinski definition) is 1. The summed E-state index contributed by atoms with van der Waals surface area (Å²) in [6.07, 6.45) is 4.26. The molecule has 0 spiro atoms. The molecule has 0 aliphatic heterocycles. The number of carbonyl (C=O) groups is 2. The summed E-state index contributed by atoms with van der Waals surface area (Å²) in [5, 5.41) is 6.29. The number of likely N-dealkylation sites (N-methyl/N-ethyl adjacent to an activating group) is 1. The van der Waals surface area contributed by atoms with Crippen LogP contribution in [0.1, 0.15) is 31.2 Å². The normalized spacial score (nSPS) is 10.7. The zero-order chi connectivity index (χ0) is 18.6. The standard InChI is InChI=1S/C21H24N2O3/c1-22-21(25)20(24)10-6-3-7-15-26-23-16-17-11-13-19(14-12-17)18-8-4-2-5-9-18/h2,4-5,8-9,11-14,16H,3,6-7,10,15H2,1H3,(H,22,25)/b23-16-. The number of nitrogens with one attached hydrogen (secondary N) is 1. The van der Waals surface area contributed by atoms with E-state index in [4.69, 9.17) is 4.84 Å². The minimum absolute atomic E-state index is 0.275. The molecule has 0 aromatic heterocycles. The highest BCUT2D eigenvalue weighted by Crippen LogP contribution is 2.18. The number of nitrogens with zero attached hydrogens (tertiary/aromatic N) is 1. The van der Waals surface area contributed by atoms with Crippen molar-refractivity contribution in [2.45, 2.75) is 25.7 Å². The van der Waals surface area contributed by atoms with Crippen LogP contribution in [-0.4, -0.2) is 31.6 Å². The molecular weight excluding hydrogens is 328 g/mol. The minimum atomic E-state index is -0.524. The molecule has 0 atom stereocenters. The fraction of sp³-hybridized carbons (Fsp3) is 0.286. The number of carbonyl (C=O) groups excluding carboxylic acids is 2. The maximum absolute atomic E-state index is 11.3. The van der Waals surface area contributed by atoms with Gasteiger partial charge in [-0.2, -0.15) is 0 Å². The van der Waals surface area contributed by atoms with E-state index in [-0.39, 0.29) is 12.2 Å². The van der Waals surface area contributed by atoms with Crippen molar-refractivity contribution in [2.75, 3.05) is 13.7 Å². The van der Waals surface area contributed by atoms with Crippen molar-refractivity contribution in [3.05, 3.63) is 60.2 Å². The number of rotatable bonds is 10. The number of oxime groups is 1. The van der Waals surface area contributed by atoms with Crippen LogP contribution in [0.25, 0.3) is 11.1 Å². The van der Waals surface area contributed by atoms with E-state index < -0.39 is 5.91 Å². The molecule has 0 unspecified atom stereocenters. The largest absolute Gasteiger partial charge is 0.396 e. The van der Waals surface area contributed by atoms with Gasteiger partial charge in [-0.15, -0.1) is 0 Å². The monoisotopic (exact) mass is 352 g/mol. The predicted octanol–water partition coefficient (Wildman–Crippen LogP) is 3.58. The van der Waals surface area contributed by atoms with Gasteiger partial charge in [0.1, 0.15) is 6.61 Å². The second kappa shape index (κ2) is 10.8. The van der Waals surface area contributed by atoms with Gasteiger partial charge in [0.05, 0.1) is 6.21 Å². The van der Waals surface area contributed by atoms with Gasteiger partial charge in [-0.05, 0) is 36.0 Å². The summed E-state index contributed by atoms with van der Waals surface area (Å²) in [6, 6.07) is 18.3. The fourth-order valence-corrected chi connectivity index (χ4v) is 2.42. The van der Waals surface area contributed by atoms with Crippen LogP contribution in [0.3, 0.4) is 0 Å². The zero-order valence-electron chi connectivity index (χ0n) is 15.0. The highest BCUT2D eigenvalue weighted by molar-refractivity contribution is 6.36. The average Bonchev–Trinajstić information content (AvgIpc) is 2.70. The Balaban J connectivity index is 1.63. The molecule has 0 bridgehead atoms. The van der Waals surface area contributed by atoms with Gasteiger partial charge in [-0.3, -0.25) is 9.59 Å². The van der Waals surface area contributed by atoms with E-state index in [0.29, 0.717) is 13.0 Å². The van der Waals surface area contributed by atoms with Gasteiger partial charge in [-0.1, -0.05) is 59.8 Å². The number of hydrogen-bond acceptors (Lipinski definition) is 4. The van der Waals surface area contributed by atoms with Gasteiger partial charge in [0.15, 0.2) is 0 Å². The second-order valence-electron chi connectivity index (χ2n) is 5.87. The summed E-state index contributed by atoms with van der Waals surface area (Å²) in [4.78, 5) is 27.6. The Morgan fingerprint density at radius 2 is 1.65 bits per heavy atom. The Kier molecular flexibility index (Phi) is 8.06. The molecule has 0 aliphatic rings. The molecule has 5 heteroatoms. The summed E-state index contributed by atoms with van der Waals surface area (Å²) in [5.41, 5.74) is 3.32. The molecule has 1 N–H and O–H groups in total. The first kappa shape index (κ1) is 19.4. The first-order valence-corrected chi connectivity index (χ1v) is 8.76. The Morgan fingerprint density at radius 3 is 2.35 bits per heavy atom. The van der Waals surface area contributed by atoms with E-state index in [1.54, 1.807) is 6.21 Å². The maximum Gasteiger partial charge on any atom is 0.287 e. The molecule has 0 saturated carbocycles. The molecular formula is C21H24N2O3. The molecule has 0 fully saturated rings. The third-order valence-electron chi connectivity index (χ3n) is 3.91. The third-order valence-corrected chi connectivity index (χ3v) is 3.91. The number of benzene rings is 2. The minimum Gasteiger partial charge on any atom is -0.396 e. The van der Waals surface area contributed by atoms with Crippen LogP contribution in [0.5, 0.6) is 0 Å². The zero-order valence-corrected chi connectivity index (χ0v) is 15.0. The van der Waals surface area contributed by atoms with Crippen LogP contribution >= 0.6 is 0 Å². The van der Waals surface area contributed by atoms with Crippen molar-refractivity contribution in [1.29, 1.82) is 0 Å². The fourth-order valence-electron chi connectivity index (χ4n) is 2.42. The van der Waals surface area contributed by atoms with Gasteiger partial charge >= 0.3 is 0 Å². The Morgan fingerprint density at radius 1 is 0.962 bits per heavy atom. The van der Waals surface area contributed by atoms with Gasteiger partial charge in [0, 0.05) is 13.5 Å². The summed E-state index contributed by atoms with van der Waals surface area (Å²) >= 11 is 0. The molecule has 1 amide bonds. The smallest absolute Gasteiger partial charge is 0.287 e. The van der Waals surface area contributed by atoms with E-state index in [1.165, 1.54) is 12.6 Å². The van der Waals surface area contributed by atoms with Crippen LogP contribution in [0, 0.1) is 0 Å². The number of unbranched alkanes of at least 4 members (excludes halogenated alkanes) is 2. The topological polar surface area (TPSA) is 67.8 Å². The quantitative estimate of drug-likeness (QED) is 0.308. The van der Waals surface area contributed by atoms with Gasteiger partial charge in [0.2, 0.25) is 5.78 Å². The molecule has 2 aromatic carbocycles. The molecule has 2 aromatic rings. The third kappa shape index (κ3) is 6.51. The summed E-state index contributed by atoms with van der Waals surface area (Å²) < 4.78 is 0. The van der Waals surface area contributed by atoms with Gasteiger partial charge < -0.3 is 10.2 Å². The molecule has 0 heterocycles. The van der Waals surface area contributed by atoms with Crippen molar-refractivity contribution in [3.63, 3.8) is 0 Å². The molecule has 2 rings (SSSR count). The second-order valence-corrected chi connectivity index (χ2v) is 5.87. The predicted molar refractivity (Wildman–Crippen MR) is 103 cm³/mol. The first-order chi connectivity index (χ1) is 12.7. The van der Waals surface area contributed by atoms with E-state index >= 15 is 0 Å². The van der Waals surface area contributed by atoms with E-state index in [0.717, 1.165) is 24.0 Å². The molecule has 26 heavy (non-hydrogen) atoms. The number of amides is 1. The Hall–Kier alpha value is -2.95. The lowest BCUT2D eigenvalue weighted by atomic mass is 10.0. The molecule has 5 nitrogen and oxygen atoms in total. The summed E-state index contributed by atoms with van der Waals surface area (Å²) in [5.74, 6) is -0.894. The van der Waals surface area contributed by atoms with Crippen molar-refractivity contribution >= 4 is 17.9 Å². The highest BCUT2D eigenvalue weighted by atomic mass is 16.6. The number of ketones is 1. The lowest BCUT2D eigenvalue weighted by Gasteiger charge is -2.02. The lowest BCUT2D eigenvalue weighted by molar-refractivity contribution is -0.137. The number of Topliss-reactive ketones (excluding diaryl/α,β-unsaturated/α-hetero) is 1. The van der Waals surface area contributed by atoms with Gasteiger partial charge in [0.25, 0.3) is 5.91 Å². The lowest BCUT2D eigenvalue weighted by Crippen LogP contribution is -2.27. The highest BCUT2D eigenvalue weighted by Gasteiger charge is 2.09. The average molecular weight is 352 g/mol. The molecule has 136 valence electrons. The van der Waals surface area contributed by atoms with Crippen LogP contribution in [-0.2, 0) is 14.4 Å². The molecule has 0 aliphatic carbocycles. The van der Waals surface area contributed by atoms with Crippen LogP contribution in [0.4, 0.5) is 0 Å². The summed E-state index contributed by atoms with van der Waals surface area (Å²) in [7, 11) is 1.46. The maximum atomic E-state index is 11.3. The first-order valence-electron chi connectivity index (χ1n) is 8.76. The van der Waals surface area contributed by atoms with Crippen molar-refractivity contribution in [1.82, 2.24) is 5.32 Å². The SMILES string of the molecule is CNC(=O)C(=O)CCCCCO/N=C\c1ccc(-c2ccccc2)cc1. The van der Waals surface area contributed by atoms with Gasteiger partial charge in [-0.25, -0.2) is 0 Å². The van der Waals surface area contributed by atoms with E-state index in [2.05, 4.69) is 34.7 Å². The van der Waals surface area contributed by atoms with Crippen LogP contribution < -0.4 is 5.32 Å². The van der Waals surface area contributed by atoms with E-state index in [9.17, 15) is 9.59 Å². The van der Waals surface area contributed by atoms with Crippen LogP contribution in [0.2, 0.25) is 0 Å². The van der Waals surface area contributed by atoms with Crippen molar-refractivity contribution in [2.24, 2.45) is 5.16 Å². The van der Waals surface area contributed by atoms with Crippen molar-refractivity contribution in [3.8, 4) is 11.1 Å². The van der Waals surface area contributed by atoms with Crippen LogP contribution in [0.15, 0.2) is 59.8 Å². The van der Waals surface area contributed by atoms with E-state index in [1.807, 2.05) is 30.3 Å².